The van der Waals surface area contributed by atoms with Crippen LogP contribution in [-0.4, -0.2) is 34.7 Å². The molecule has 1 aromatic carbocycles. The summed E-state index contributed by atoms with van der Waals surface area (Å²) >= 11 is 5.11. The summed E-state index contributed by atoms with van der Waals surface area (Å²) in [6.45, 7) is 0.354. The zero-order chi connectivity index (χ0) is 13.0. The van der Waals surface area contributed by atoms with Crippen LogP contribution in [0.2, 0.25) is 0 Å². The molecule has 5 heteroatoms. The van der Waals surface area contributed by atoms with Crippen LogP contribution in [0.25, 0.3) is 0 Å². The van der Waals surface area contributed by atoms with Gasteiger partial charge in [-0.25, -0.2) is 0 Å². The Balaban J connectivity index is 1.82. The van der Waals surface area contributed by atoms with E-state index in [1.54, 1.807) is 11.8 Å². The molecule has 0 aliphatic carbocycles. The van der Waals surface area contributed by atoms with Crippen LogP contribution in [0.5, 0.6) is 0 Å². The van der Waals surface area contributed by atoms with Gasteiger partial charge in [-0.3, -0.25) is 4.79 Å². The van der Waals surface area contributed by atoms with E-state index < -0.39 is 5.60 Å². The van der Waals surface area contributed by atoms with Gasteiger partial charge in [0, 0.05) is 16.8 Å². The van der Waals surface area contributed by atoms with Crippen molar-refractivity contribution in [1.82, 2.24) is 5.32 Å². The van der Waals surface area contributed by atoms with E-state index in [1.165, 1.54) is 0 Å². The predicted octanol–water partition coefficient (Wildman–Crippen LogP) is 1.98. The van der Waals surface area contributed by atoms with Crippen LogP contribution in [0, 0.1) is 0 Å². The average molecular weight is 330 g/mol. The van der Waals surface area contributed by atoms with Crippen LogP contribution in [0.3, 0.4) is 0 Å². The Kier molecular flexibility index (Phi) is 4.70. The van der Waals surface area contributed by atoms with Gasteiger partial charge >= 0.3 is 0 Å². The monoisotopic (exact) mass is 329 g/mol. The Morgan fingerprint density at radius 1 is 1.56 bits per heavy atom. The van der Waals surface area contributed by atoms with Crippen LogP contribution in [0.4, 0.5) is 0 Å². The molecular weight excluding hydrogens is 314 g/mol. The Labute approximate surface area is 119 Å². The molecule has 0 bridgehead atoms. The molecule has 1 amide bonds. The molecule has 1 aliphatic rings. The summed E-state index contributed by atoms with van der Waals surface area (Å²) in [5.74, 6) is 1.64. The number of benzene rings is 1. The summed E-state index contributed by atoms with van der Waals surface area (Å²) in [4.78, 5) is 11.8. The summed E-state index contributed by atoms with van der Waals surface area (Å²) in [5.41, 5.74) is 0.257. The molecule has 1 aromatic rings. The van der Waals surface area contributed by atoms with Gasteiger partial charge < -0.3 is 10.4 Å². The fourth-order valence-electron chi connectivity index (χ4n) is 1.89. The number of carbonyl (C=O) groups excluding carboxylic acids is 1. The summed E-state index contributed by atoms with van der Waals surface area (Å²) < 4.78 is 0.971. The fraction of sp³-hybridized carbons (Fsp3) is 0.462. The Morgan fingerprint density at radius 3 is 3.06 bits per heavy atom. The van der Waals surface area contributed by atoms with Crippen LogP contribution >= 0.6 is 27.7 Å². The van der Waals surface area contributed by atoms with Gasteiger partial charge in [0.15, 0.2) is 0 Å². The number of amides is 1. The van der Waals surface area contributed by atoms with E-state index in [1.807, 2.05) is 24.3 Å². The van der Waals surface area contributed by atoms with E-state index in [0.717, 1.165) is 22.2 Å². The number of aliphatic hydroxyl groups is 1. The Hall–Kier alpha value is -0.520. The molecule has 18 heavy (non-hydrogen) atoms. The fourth-order valence-corrected chi connectivity index (χ4v) is 3.64. The lowest BCUT2D eigenvalue weighted by Gasteiger charge is -2.21. The number of halogens is 1. The van der Waals surface area contributed by atoms with E-state index >= 15 is 0 Å². The normalized spacial score (nSPS) is 23.0. The molecule has 3 nitrogen and oxygen atoms in total. The molecule has 0 aromatic heterocycles. The van der Waals surface area contributed by atoms with E-state index in [9.17, 15) is 9.90 Å². The van der Waals surface area contributed by atoms with Crippen molar-refractivity contribution in [2.24, 2.45) is 0 Å². The molecule has 0 spiro atoms. The van der Waals surface area contributed by atoms with E-state index in [0.29, 0.717) is 18.7 Å². The van der Waals surface area contributed by atoms with Gasteiger partial charge in [0.1, 0.15) is 0 Å². The third-order valence-corrected chi connectivity index (χ3v) is 4.68. The third-order valence-electron chi connectivity index (χ3n) is 2.95. The molecule has 98 valence electrons. The molecular formula is C13H16BrNO2S. The lowest BCUT2D eigenvalue weighted by atomic mass is 10.0. The van der Waals surface area contributed by atoms with Gasteiger partial charge in [0.2, 0.25) is 5.91 Å². The van der Waals surface area contributed by atoms with Crippen molar-refractivity contribution in [3.63, 3.8) is 0 Å². The molecule has 2 N–H and O–H groups in total. The van der Waals surface area contributed by atoms with Crippen LogP contribution in [-0.2, 0) is 11.2 Å². The second-order valence-electron chi connectivity index (χ2n) is 4.61. The Morgan fingerprint density at radius 2 is 2.39 bits per heavy atom. The maximum atomic E-state index is 11.8. The number of hydrogen-bond donors (Lipinski definition) is 2. The summed E-state index contributed by atoms with van der Waals surface area (Å²) in [6.07, 6.45) is 1.11. The zero-order valence-electron chi connectivity index (χ0n) is 9.99. The number of hydrogen-bond acceptors (Lipinski definition) is 3. The predicted molar refractivity (Wildman–Crippen MR) is 77.7 cm³/mol. The number of thioether (sulfide) groups is 1. The van der Waals surface area contributed by atoms with Crippen LogP contribution in [0.1, 0.15) is 12.0 Å². The highest BCUT2D eigenvalue weighted by molar-refractivity contribution is 9.10. The first kappa shape index (κ1) is 13.9. The minimum absolute atomic E-state index is 0.0431. The van der Waals surface area contributed by atoms with E-state index in [-0.39, 0.29) is 5.91 Å². The zero-order valence-corrected chi connectivity index (χ0v) is 12.4. The van der Waals surface area contributed by atoms with Crippen molar-refractivity contribution < 1.29 is 9.90 Å². The number of nitrogens with one attached hydrogen (secondary N) is 1. The second-order valence-corrected chi connectivity index (χ2v) is 6.63. The van der Waals surface area contributed by atoms with Gasteiger partial charge in [-0.2, -0.15) is 11.8 Å². The van der Waals surface area contributed by atoms with Crippen LogP contribution < -0.4 is 5.32 Å². The molecule has 1 atom stereocenters. The molecule has 1 saturated heterocycles. The smallest absolute Gasteiger partial charge is 0.224 e. The lowest BCUT2D eigenvalue weighted by molar-refractivity contribution is -0.121. The summed E-state index contributed by atoms with van der Waals surface area (Å²) in [5, 5.41) is 12.9. The van der Waals surface area contributed by atoms with Crippen molar-refractivity contribution in [3.05, 3.63) is 34.3 Å². The lowest BCUT2D eigenvalue weighted by Crippen LogP contribution is -2.43. The first-order valence-electron chi connectivity index (χ1n) is 5.89. The van der Waals surface area contributed by atoms with Crippen molar-refractivity contribution in [2.75, 3.05) is 18.1 Å². The van der Waals surface area contributed by atoms with Gasteiger partial charge in [0.25, 0.3) is 0 Å². The number of carbonyl (C=O) groups is 1. The number of rotatable bonds is 4. The van der Waals surface area contributed by atoms with E-state index in [2.05, 4.69) is 21.2 Å². The first-order valence-corrected chi connectivity index (χ1v) is 7.83. The van der Waals surface area contributed by atoms with E-state index in [4.69, 9.17) is 0 Å². The largest absolute Gasteiger partial charge is 0.387 e. The molecule has 1 aliphatic heterocycles. The molecule has 0 saturated carbocycles. The quantitative estimate of drug-likeness (QED) is 0.888. The van der Waals surface area contributed by atoms with Crippen LogP contribution in [0.15, 0.2) is 28.7 Å². The third kappa shape index (κ3) is 4.00. The van der Waals surface area contributed by atoms with Gasteiger partial charge in [0.05, 0.1) is 12.0 Å². The molecule has 0 unspecified atom stereocenters. The maximum Gasteiger partial charge on any atom is 0.224 e. The minimum atomic E-state index is -0.711. The molecule has 0 radical (unpaired) electrons. The first-order chi connectivity index (χ1) is 8.57. The summed E-state index contributed by atoms with van der Waals surface area (Å²) in [6, 6.07) is 7.69. The van der Waals surface area contributed by atoms with Crippen molar-refractivity contribution in [2.45, 2.75) is 18.4 Å². The summed E-state index contributed by atoms with van der Waals surface area (Å²) in [7, 11) is 0. The standard InChI is InChI=1S/C13H16BrNO2S/c14-11-3-1-2-10(6-11)7-12(16)15-8-13(17)4-5-18-9-13/h1-3,6,17H,4-5,7-9H2,(H,15,16)/t13-/m1/s1. The van der Waals surface area contributed by atoms with Gasteiger partial charge in [-0.05, 0) is 29.9 Å². The molecule has 1 heterocycles. The topological polar surface area (TPSA) is 49.3 Å². The van der Waals surface area contributed by atoms with Gasteiger partial charge in [-0.1, -0.05) is 28.1 Å². The highest BCUT2D eigenvalue weighted by atomic mass is 79.9. The van der Waals surface area contributed by atoms with Crippen molar-refractivity contribution in [3.8, 4) is 0 Å². The SMILES string of the molecule is O=C(Cc1cccc(Br)c1)NC[C@]1(O)CCSC1. The highest BCUT2D eigenvalue weighted by Crippen LogP contribution is 2.26. The second kappa shape index (κ2) is 6.08. The average Bonchev–Trinajstić information content (AvgIpc) is 2.74. The highest BCUT2D eigenvalue weighted by Gasteiger charge is 2.31. The maximum absolute atomic E-state index is 11.8. The molecule has 1 fully saturated rings. The minimum Gasteiger partial charge on any atom is -0.387 e. The Bertz CT molecular complexity index is 433. The van der Waals surface area contributed by atoms with Crippen molar-refractivity contribution in [1.29, 1.82) is 0 Å². The van der Waals surface area contributed by atoms with Crippen molar-refractivity contribution >= 4 is 33.6 Å². The van der Waals surface area contributed by atoms with Gasteiger partial charge in [-0.15, -0.1) is 0 Å². The molecule has 2 rings (SSSR count).